The van der Waals surface area contributed by atoms with Crippen LogP contribution in [0.3, 0.4) is 0 Å². The molecule has 18 heavy (non-hydrogen) atoms. The average Bonchev–Trinajstić information content (AvgIpc) is 2.25. The number of carbonyl (C=O) groups excluding carboxylic acids is 1. The van der Waals surface area contributed by atoms with E-state index in [0.717, 1.165) is 5.69 Å². The van der Waals surface area contributed by atoms with Gasteiger partial charge in [0.2, 0.25) is 5.91 Å². The van der Waals surface area contributed by atoms with E-state index in [1.165, 1.54) is 11.8 Å². The number of aryl methyl sites for hydroxylation is 1. The number of hydrogen-bond donors (Lipinski definition) is 2. The highest BCUT2D eigenvalue weighted by molar-refractivity contribution is 7.99. The molecule has 0 saturated heterocycles. The summed E-state index contributed by atoms with van der Waals surface area (Å²) in [7, 11) is 0. The first-order valence-electron chi connectivity index (χ1n) is 5.96. The predicted octanol–water partition coefficient (Wildman–Crippen LogP) is 1.26. The van der Waals surface area contributed by atoms with Crippen molar-refractivity contribution in [2.75, 3.05) is 5.75 Å². The summed E-state index contributed by atoms with van der Waals surface area (Å²) in [6, 6.07) is 0.120. The Kier molecular flexibility index (Phi) is 5.40. The SMILES string of the molecule is CCc1c(C)nc(SCC(=O)NC(C)C)[nH]c1=O. The third-order valence-corrected chi connectivity index (χ3v) is 3.22. The highest BCUT2D eigenvalue weighted by Crippen LogP contribution is 2.12. The van der Waals surface area contributed by atoms with Crippen LogP contribution < -0.4 is 10.9 Å². The van der Waals surface area contributed by atoms with Crippen molar-refractivity contribution >= 4 is 17.7 Å². The largest absolute Gasteiger partial charge is 0.353 e. The fraction of sp³-hybridized carbons (Fsp3) is 0.583. The van der Waals surface area contributed by atoms with Gasteiger partial charge in [-0.05, 0) is 27.2 Å². The number of carbonyl (C=O) groups is 1. The Bertz CT molecular complexity index is 483. The molecule has 0 unspecified atom stereocenters. The van der Waals surface area contributed by atoms with Gasteiger partial charge < -0.3 is 10.3 Å². The predicted molar refractivity (Wildman–Crippen MR) is 73.0 cm³/mol. The molecule has 6 heteroatoms. The minimum absolute atomic E-state index is 0.0603. The van der Waals surface area contributed by atoms with Crippen LogP contribution in [0.5, 0.6) is 0 Å². The fourth-order valence-electron chi connectivity index (χ4n) is 1.57. The number of thioether (sulfide) groups is 1. The smallest absolute Gasteiger partial charge is 0.254 e. The lowest BCUT2D eigenvalue weighted by atomic mass is 10.2. The number of nitrogens with one attached hydrogen (secondary N) is 2. The molecule has 1 rings (SSSR count). The van der Waals surface area contributed by atoms with Gasteiger partial charge in [-0.3, -0.25) is 9.59 Å². The zero-order valence-corrected chi connectivity index (χ0v) is 12.0. The molecule has 1 amide bonds. The lowest BCUT2D eigenvalue weighted by Crippen LogP contribution is -2.31. The summed E-state index contributed by atoms with van der Waals surface area (Å²) in [6.45, 7) is 7.54. The molecule has 0 aromatic carbocycles. The van der Waals surface area contributed by atoms with Crippen molar-refractivity contribution in [2.24, 2.45) is 0 Å². The number of aromatic amines is 1. The van der Waals surface area contributed by atoms with Crippen LogP contribution in [0.1, 0.15) is 32.0 Å². The quantitative estimate of drug-likeness (QED) is 0.623. The number of amides is 1. The van der Waals surface area contributed by atoms with Crippen LogP contribution in [0.15, 0.2) is 9.95 Å². The van der Waals surface area contributed by atoms with Gasteiger partial charge in [0, 0.05) is 17.3 Å². The summed E-state index contributed by atoms with van der Waals surface area (Å²) in [5.74, 6) is 0.196. The normalized spacial score (nSPS) is 10.7. The zero-order chi connectivity index (χ0) is 13.7. The van der Waals surface area contributed by atoms with Gasteiger partial charge in [0.25, 0.3) is 5.56 Å². The summed E-state index contributed by atoms with van der Waals surface area (Å²) < 4.78 is 0. The summed E-state index contributed by atoms with van der Waals surface area (Å²) in [5, 5.41) is 3.28. The van der Waals surface area contributed by atoms with Crippen molar-refractivity contribution in [3.05, 3.63) is 21.6 Å². The first kappa shape index (κ1) is 14.8. The average molecular weight is 269 g/mol. The molecule has 0 bridgehead atoms. The summed E-state index contributed by atoms with van der Waals surface area (Å²) >= 11 is 1.24. The second-order valence-corrected chi connectivity index (χ2v) is 5.26. The Morgan fingerprint density at radius 3 is 2.67 bits per heavy atom. The fourth-order valence-corrected chi connectivity index (χ4v) is 2.28. The zero-order valence-electron chi connectivity index (χ0n) is 11.2. The van der Waals surface area contributed by atoms with Gasteiger partial charge in [0.1, 0.15) is 0 Å². The third-order valence-electron chi connectivity index (χ3n) is 2.34. The van der Waals surface area contributed by atoms with Crippen molar-refractivity contribution in [1.29, 1.82) is 0 Å². The van der Waals surface area contributed by atoms with Crippen LogP contribution in [0, 0.1) is 6.92 Å². The van der Waals surface area contributed by atoms with Crippen LogP contribution in [0.25, 0.3) is 0 Å². The van der Waals surface area contributed by atoms with E-state index in [0.29, 0.717) is 17.1 Å². The minimum Gasteiger partial charge on any atom is -0.353 e. The van der Waals surface area contributed by atoms with Crippen LogP contribution in [0.4, 0.5) is 0 Å². The van der Waals surface area contributed by atoms with Gasteiger partial charge in [-0.1, -0.05) is 18.7 Å². The topological polar surface area (TPSA) is 74.8 Å². The van der Waals surface area contributed by atoms with Crippen LogP contribution >= 0.6 is 11.8 Å². The maximum atomic E-state index is 11.7. The summed E-state index contributed by atoms with van der Waals surface area (Å²) in [5.41, 5.74) is 1.32. The van der Waals surface area contributed by atoms with Crippen molar-refractivity contribution < 1.29 is 4.79 Å². The first-order chi connectivity index (χ1) is 8.43. The molecule has 0 aliphatic heterocycles. The number of nitrogens with zero attached hydrogens (tertiary/aromatic N) is 1. The lowest BCUT2D eigenvalue weighted by molar-refractivity contribution is -0.119. The van der Waals surface area contributed by atoms with Gasteiger partial charge in [-0.25, -0.2) is 4.98 Å². The van der Waals surface area contributed by atoms with Crippen molar-refractivity contribution in [3.8, 4) is 0 Å². The van der Waals surface area contributed by atoms with E-state index < -0.39 is 0 Å². The molecule has 1 aromatic heterocycles. The van der Waals surface area contributed by atoms with Crippen molar-refractivity contribution in [3.63, 3.8) is 0 Å². The van der Waals surface area contributed by atoms with E-state index >= 15 is 0 Å². The van der Waals surface area contributed by atoms with Crippen LogP contribution in [0.2, 0.25) is 0 Å². The molecule has 0 atom stereocenters. The maximum Gasteiger partial charge on any atom is 0.254 e. The van der Waals surface area contributed by atoms with Gasteiger partial charge in [-0.15, -0.1) is 0 Å². The monoisotopic (exact) mass is 269 g/mol. The third kappa shape index (κ3) is 4.18. The molecule has 0 radical (unpaired) electrons. The van der Waals surface area contributed by atoms with Crippen molar-refractivity contribution in [2.45, 2.75) is 45.3 Å². The highest BCUT2D eigenvalue weighted by Gasteiger charge is 2.09. The Balaban J connectivity index is 2.69. The number of aromatic nitrogens is 2. The van der Waals surface area contributed by atoms with Crippen molar-refractivity contribution in [1.82, 2.24) is 15.3 Å². The van der Waals surface area contributed by atoms with Crippen LogP contribution in [-0.2, 0) is 11.2 Å². The molecule has 0 spiro atoms. The molecule has 0 aliphatic carbocycles. The Morgan fingerprint density at radius 2 is 2.17 bits per heavy atom. The Hall–Kier alpha value is -1.30. The van der Waals surface area contributed by atoms with Gasteiger partial charge in [0.05, 0.1) is 5.75 Å². The molecule has 1 aromatic rings. The molecule has 0 aliphatic rings. The molecule has 100 valence electrons. The second-order valence-electron chi connectivity index (χ2n) is 4.30. The summed E-state index contributed by atoms with van der Waals surface area (Å²) in [4.78, 5) is 30.1. The molecule has 1 heterocycles. The van der Waals surface area contributed by atoms with Crippen LogP contribution in [-0.4, -0.2) is 27.7 Å². The molecule has 0 fully saturated rings. The maximum absolute atomic E-state index is 11.7. The number of H-pyrrole nitrogens is 1. The summed E-state index contributed by atoms with van der Waals surface area (Å²) in [6.07, 6.45) is 0.660. The standard InChI is InChI=1S/C12H19N3O2S/c1-5-9-8(4)14-12(15-11(9)17)18-6-10(16)13-7(2)3/h7H,5-6H2,1-4H3,(H,13,16)(H,14,15,17). The van der Waals surface area contributed by atoms with Gasteiger partial charge in [-0.2, -0.15) is 0 Å². The van der Waals surface area contributed by atoms with Gasteiger partial charge >= 0.3 is 0 Å². The molecule has 2 N–H and O–H groups in total. The second kappa shape index (κ2) is 6.58. The minimum atomic E-state index is -0.114. The van der Waals surface area contributed by atoms with E-state index in [1.807, 2.05) is 27.7 Å². The van der Waals surface area contributed by atoms with E-state index in [9.17, 15) is 9.59 Å². The molecular formula is C12H19N3O2S. The Morgan fingerprint density at radius 1 is 1.50 bits per heavy atom. The molecule has 5 nitrogen and oxygen atoms in total. The number of hydrogen-bond acceptors (Lipinski definition) is 4. The molecule has 0 saturated carbocycles. The van der Waals surface area contributed by atoms with E-state index in [4.69, 9.17) is 0 Å². The first-order valence-corrected chi connectivity index (χ1v) is 6.94. The van der Waals surface area contributed by atoms with E-state index in [2.05, 4.69) is 15.3 Å². The number of rotatable bonds is 5. The van der Waals surface area contributed by atoms with E-state index in [-0.39, 0.29) is 23.3 Å². The Labute approximate surface area is 111 Å². The highest BCUT2D eigenvalue weighted by atomic mass is 32.2. The molecular weight excluding hydrogens is 250 g/mol. The lowest BCUT2D eigenvalue weighted by Gasteiger charge is -2.08. The van der Waals surface area contributed by atoms with Gasteiger partial charge in [0.15, 0.2) is 5.16 Å². The van der Waals surface area contributed by atoms with E-state index in [1.54, 1.807) is 0 Å².